The normalized spacial score (nSPS) is 32.6. The van der Waals surface area contributed by atoms with Crippen molar-refractivity contribution in [2.24, 2.45) is 17.8 Å². The third kappa shape index (κ3) is 2.30. The first-order chi connectivity index (χ1) is 10.6. The molecule has 2 aliphatic heterocycles. The molecule has 2 fully saturated rings. The van der Waals surface area contributed by atoms with E-state index in [0.717, 1.165) is 31.7 Å². The average molecular weight is 300 g/mol. The SMILES string of the molecule is CC(C)(NC(=O)[C@H]1C2CNC[C@@H]21)C1CCc2ccccc2O1. The van der Waals surface area contributed by atoms with Crippen LogP contribution in [0.5, 0.6) is 5.75 Å². The first-order valence-electron chi connectivity index (χ1n) is 8.33. The largest absolute Gasteiger partial charge is 0.488 e. The molecule has 2 heterocycles. The van der Waals surface area contributed by atoms with E-state index in [9.17, 15) is 4.79 Å². The Morgan fingerprint density at radius 1 is 1.27 bits per heavy atom. The maximum atomic E-state index is 12.5. The molecule has 1 saturated carbocycles. The van der Waals surface area contributed by atoms with Crippen molar-refractivity contribution in [3.8, 4) is 5.75 Å². The number of benzene rings is 1. The molecule has 0 bridgehead atoms. The zero-order chi connectivity index (χ0) is 15.3. The van der Waals surface area contributed by atoms with Crippen LogP contribution in [0.1, 0.15) is 25.8 Å². The molecule has 22 heavy (non-hydrogen) atoms. The highest BCUT2D eigenvalue weighted by Crippen LogP contribution is 2.49. The molecule has 0 aromatic heterocycles. The maximum absolute atomic E-state index is 12.5. The molecule has 1 saturated heterocycles. The molecule has 118 valence electrons. The van der Waals surface area contributed by atoms with Crippen molar-refractivity contribution in [1.82, 2.24) is 10.6 Å². The summed E-state index contributed by atoms with van der Waals surface area (Å²) < 4.78 is 6.16. The quantitative estimate of drug-likeness (QED) is 0.894. The van der Waals surface area contributed by atoms with Crippen molar-refractivity contribution >= 4 is 5.91 Å². The number of piperidine rings is 1. The number of nitrogens with one attached hydrogen (secondary N) is 2. The monoisotopic (exact) mass is 300 g/mol. The van der Waals surface area contributed by atoms with E-state index in [2.05, 4.69) is 36.6 Å². The van der Waals surface area contributed by atoms with Crippen molar-refractivity contribution in [3.63, 3.8) is 0 Å². The number of hydrogen-bond acceptors (Lipinski definition) is 3. The van der Waals surface area contributed by atoms with Gasteiger partial charge in [-0.3, -0.25) is 4.79 Å². The second kappa shape index (κ2) is 4.98. The van der Waals surface area contributed by atoms with Gasteiger partial charge < -0.3 is 15.4 Å². The Labute approximate surface area is 131 Å². The fourth-order valence-corrected chi connectivity index (χ4v) is 4.12. The van der Waals surface area contributed by atoms with E-state index in [1.807, 2.05) is 12.1 Å². The summed E-state index contributed by atoms with van der Waals surface area (Å²) in [7, 11) is 0. The number of fused-ring (bicyclic) bond motifs is 2. The third-order valence-electron chi connectivity index (χ3n) is 5.56. The van der Waals surface area contributed by atoms with E-state index in [1.165, 1.54) is 5.56 Å². The van der Waals surface area contributed by atoms with Gasteiger partial charge in [0.2, 0.25) is 5.91 Å². The summed E-state index contributed by atoms with van der Waals surface area (Å²) in [6.45, 7) is 6.16. The van der Waals surface area contributed by atoms with Crippen LogP contribution in [0.25, 0.3) is 0 Å². The standard InChI is InChI=1S/C18H24N2O2/c1-18(2,20-17(21)16-12-9-19-10-13(12)16)15-8-7-11-5-3-4-6-14(11)22-15/h3-6,12-13,15-16,19H,7-10H2,1-2H3,(H,20,21)/t12-,13?,15?,16+/m0/s1. The van der Waals surface area contributed by atoms with Gasteiger partial charge >= 0.3 is 0 Å². The number of carbonyl (C=O) groups is 1. The first kappa shape index (κ1) is 14.1. The Balaban J connectivity index is 1.42. The topological polar surface area (TPSA) is 50.4 Å². The highest BCUT2D eigenvalue weighted by atomic mass is 16.5. The van der Waals surface area contributed by atoms with Gasteiger partial charge in [0.05, 0.1) is 5.54 Å². The Morgan fingerprint density at radius 3 is 2.77 bits per heavy atom. The number of hydrogen-bond donors (Lipinski definition) is 2. The van der Waals surface area contributed by atoms with Gasteiger partial charge in [-0.15, -0.1) is 0 Å². The summed E-state index contributed by atoms with van der Waals surface area (Å²) in [4.78, 5) is 12.5. The zero-order valence-electron chi connectivity index (χ0n) is 13.3. The van der Waals surface area contributed by atoms with Crippen molar-refractivity contribution in [2.45, 2.75) is 38.3 Å². The highest BCUT2D eigenvalue weighted by molar-refractivity contribution is 5.83. The van der Waals surface area contributed by atoms with E-state index in [0.29, 0.717) is 11.8 Å². The fraction of sp³-hybridized carbons (Fsp3) is 0.611. The van der Waals surface area contributed by atoms with Crippen LogP contribution in [0, 0.1) is 17.8 Å². The Bertz CT molecular complexity index is 589. The summed E-state index contributed by atoms with van der Waals surface area (Å²) in [5, 5.41) is 6.59. The summed E-state index contributed by atoms with van der Waals surface area (Å²) in [6, 6.07) is 8.20. The van der Waals surface area contributed by atoms with Crippen molar-refractivity contribution in [1.29, 1.82) is 0 Å². The molecule has 2 unspecified atom stereocenters. The molecule has 2 N–H and O–H groups in total. The number of para-hydroxylation sites is 1. The average Bonchev–Trinajstić information content (AvgIpc) is 3.00. The minimum absolute atomic E-state index is 0.0306. The van der Waals surface area contributed by atoms with Gasteiger partial charge in [0.1, 0.15) is 11.9 Å². The Hall–Kier alpha value is -1.55. The summed E-state index contributed by atoms with van der Waals surface area (Å²) >= 11 is 0. The summed E-state index contributed by atoms with van der Waals surface area (Å²) in [5.41, 5.74) is 0.929. The van der Waals surface area contributed by atoms with E-state index in [1.54, 1.807) is 0 Å². The van der Waals surface area contributed by atoms with Gasteiger partial charge in [0, 0.05) is 5.92 Å². The molecule has 3 aliphatic rings. The molecule has 4 rings (SSSR count). The minimum Gasteiger partial charge on any atom is -0.488 e. The molecule has 4 atom stereocenters. The van der Waals surface area contributed by atoms with Crippen LogP contribution >= 0.6 is 0 Å². The minimum atomic E-state index is -0.338. The van der Waals surface area contributed by atoms with Gasteiger partial charge in [-0.05, 0) is 63.2 Å². The van der Waals surface area contributed by atoms with Gasteiger partial charge in [-0.25, -0.2) is 0 Å². The van der Waals surface area contributed by atoms with E-state index >= 15 is 0 Å². The second-order valence-corrected chi connectivity index (χ2v) is 7.48. The predicted octanol–water partition coefficient (Wildman–Crippen LogP) is 1.74. The van der Waals surface area contributed by atoms with Gasteiger partial charge in [-0.2, -0.15) is 0 Å². The van der Waals surface area contributed by atoms with Crippen molar-refractivity contribution < 1.29 is 9.53 Å². The summed E-state index contributed by atoms with van der Waals surface area (Å²) in [5.74, 6) is 2.52. The van der Waals surface area contributed by atoms with Gasteiger partial charge in [-0.1, -0.05) is 18.2 Å². The lowest BCUT2D eigenvalue weighted by Crippen LogP contribution is -2.56. The number of amides is 1. The molecule has 1 aromatic rings. The molecule has 4 nitrogen and oxygen atoms in total. The van der Waals surface area contributed by atoms with Crippen LogP contribution in [0.3, 0.4) is 0 Å². The molecule has 1 aromatic carbocycles. The number of aryl methyl sites for hydroxylation is 1. The van der Waals surface area contributed by atoms with E-state index < -0.39 is 0 Å². The molecular weight excluding hydrogens is 276 g/mol. The highest BCUT2D eigenvalue weighted by Gasteiger charge is 2.57. The molecular formula is C18H24N2O2. The lowest BCUT2D eigenvalue weighted by atomic mass is 9.89. The molecule has 0 radical (unpaired) electrons. The summed E-state index contributed by atoms with van der Waals surface area (Å²) in [6.07, 6.45) is 1.99. The molecule has 0 spiro atoms. The van der Waals surface area contributed by atoms with E-state index in [4.69, 9.17) is 4.74 Å². The van der Waals surface area contributed by atoms with Crippen LogP contribution in [-0.4, -0.2) is 30.6 Å². The van der Waals surface area contributed by atoms with Gasteiger partial charge in [0.15, 0.2) is 0 Å². The fourth-order valence-electron chi connectivity index (χ4n) is 4.12. The third-order valence-corrected chi connectivity index (χ3v) is 5.56. The Kier molecular flexibility index (Phi) is 3.19. The second-order valence-electron chi connectivity index (χ2n) is 7.48. The van der Waals surface area contributed by atoms with Crippen molar-refractivity contribution in [3.05, 3.63) is 29.8 Å². The van der Waals surface area contributed by atoms with Crippen LogP contribution in [0.15, 0.2) is 24.3 Å². The van der Waals surface area contributed by atoms with Crippen LogP contribution in [0.2, 0.25) is 0 Å². The molecule has 1 aliphatic carbocycles. The van der Waals surface area contributed by atoms with Crippen LogP contribution in [0.4, 0.5) is 0 Å². The smallest absolute Gasteiger partial charge is 0.224 e. The molecule has 4 heteroatoms. The first-order valence-corrected chi connectivity index (χ1v) is 8.33. The number of carbonyl (C=O) groups excluding carboxylic acids is 1. The zero-order valence-corrected chi connectivity index (χ0v) is 13.3. The maximum Gasteiger partial charge on any atom is 0.224 e. The predicted molar refractivity (Wildman–Crippen MR) is 84.7 cm³/mol. The van der Waals surface area contributed by atoms with Crippen LogP contribution < -0.4 is 15.4 Å². The van der Waals surface area contributed by atoms with E-state index in [-0.39, 0.29) is 23.5 Å². The number of rotatable bonds is 3. The lowest BCUT2D eigenvalue weighted by molar-refractivity contribution is -0.126. The van der Waals surface area contributed by atoms with Gasteiger partial charge in [0.25, 0.3) is 0 Å². The lowest BCUT2D eigenvalue weighted by Gasteiger charge is -2.38. The van der Waals surface area contributed by atoms with Crippen molar-refractivity contribution in [2.75, 3.05) is 13.1 Å². The van der Waals surface area contributed by atoms with Crippen LogP contribution in [-0.2, 0) is 11.2 Å². The Morgan fingerprint density at radius 2 is 2.00 bits per heavy atom. The number of ether oxygens (including phenoxy) is 1. The molecule has 1 amide bonds.